The van der Waals surface area contributed by atoms with Crippen molar-refractivity contribution in [3.8, 4) is 0 Å². The zero-order chi connectivity index (χ0) is 19.1. The zero-order valence-corrected chi connectivity index (χ0v) is 16.3. The highest BCUT2D eigenvalue weighted by Crippen LogP contribution is 2.23. The molecule has 1 amide bonds. The second kappa shape index (κ2) is 9.80. The van der Waals surface area contributed by atoms with Crippen molar-refractivity contribution in [1.29, 1.82) is 0 Å². The second-order valence-electron chi connectivity index (χ2n) is 6.89. The van der Waals surface area contributed by atoms with Crippen LogP contribution in [0.15, 0.2) is 41.8 Å². The Morgan fingerprint density at radius 3 is 2.85 bits per heavy atom. The van der Waals surface area contributed by atoms with Gasteiger partial charge in [-0.3, -0.25) is 9.69 Å². The lowest BCUT2D eigenvalue weighted by atomic mass is 9.93. The molecule has 0 spiro atoms. The van der Waals surface area contributed by atoms with Gasteiger partial charge in [-0.25, -0.2) is 14.4 Å². The molecule has 0 radical (unpaired) electrons. The summed E-state index contributed by atoms with van der Waals surface area (Å²) in [7, 11) is 0. The molecule has 1 fully saturated rings. The molecule has 2 heterocycles. The summed E-state index contributed by atoms with van der Waals surface area (Å²) in [4.78, 5) is 23.2. The number of hydrogen-bond acceptors (Lipinski definition) is 5. The van der Waals surface area contributed by atoms with Crippen LogP contribution in [0, 0.1) is 11.7 Å². The van der Waals surface area contributed by atoms with Gasteiger partial charge in [0.1, 0.15) is 5.82 Å². The van der Waals surface area contributed by atoms with Crippen LogP contribution in [0.1, 0.15) is 31.2 Å². The average molecular weight is 389 g/mol. The standard InChI is InChI=1S/C20H25FN4OS/c1-27-20-22-11-16(12-23-20)14-25-10-4-5-15(13-25)8-9-19(26)24-18-7-3-2-6-17(18)21/h2-3,6-7,11-12,15H,4-5,8-10,13-14H2,1H3,(H,24,26)/t15-/m0/s1. The van der Waals surface area contributed by atoms with Crippen LogP contribution in [0.5, 0.6) is 0 Å². The molecule has 0 saturated carbocycles. The number of likely N-dealkylation sites (tertiary alicyclic amines) is 1. The van der Waals surface area contributed by atoms with Crippen molar-refractivity contribution < 1.29 is 9.18 Å². The molecule has 0 bridgehead atoms. The predicted octanol–water partition coefficient (Wildman–Crippen LogP) is 3.97. The largest absolute Gasteiger partial charge is 0.324 e. The number of benzene rings is 1. The minimum atomic E-state index is -0.399. The number of halogens is 1. The van der Waals surface area contributed by atoms with Crippen LogP contribution >= 0.6 is 11.8 Å². The van der Waals surface area contributed by atoms with E-state index in [2.05, 4.69) is 20.2 Å². The number of nitrogens with zero attached hydrogens (tertiary/aromatic N) is 3. The van der Waals surface area contributed by atoms with Gasteiger partial charge < -0.3 is 5.32 Å². The number of carbonyl (C=O) groups excluding carboxylic acids is 1. The summed E-state index contributed by atoms with van der Waals surface area (Å²) in [6, 6.07) is 6.26. The monoisotopic (exact) mass is 388 g/mol. The van der Waals surface area contributed by atoms with Gasteiger partial charge in [0.05, 0.1) is 5.69 Å². The Kier molecular flexibility index (Phi) is 7.18. The van der Waals surface area contributed by atoms with Gasteiger partial charge in [-0.15, -0.1) is 0 Å². The molecule has 1 atom stereocenters. The highest BCUT2D eigenvalue weighted by Gasteiger charge is 2.21. The molecule has 1 saturated heterocycles. The number of carbonyl (C=O) groups is 1. The molecule has 1 aromatic carbocycles. The fourth-order valence-electron chi connectivity index (χ4n) is 3.43. The van der Waals surface area contributed by atoms with Crippen molar-refractivity contribution in [2.45, 2.75) is 37.4 Å². The predicted molar refractivity (Wildman–Crippen MR) is 106 cm³/mol. The molecule has 1 aliphatic heterocycles. The first-order valence-electron chi connectivity index (χ1n) is 9.25. The molecule has 1 aliphatic rings. The molecule has 1 N–H and O–H groups in total. The summed E-state index contributed by atoms with van der Waals surface area (Å²) >= 11 is 1.54. The number of amides is 1. The Morgan fingerprint density at radius 1 is 1.33 bits per heavy atom. The fourth-order valence-corrected chi connectivity index (χ4v) is 3.75. The van der Waals surface area contributed by atoms with Crippen LogP contribution in [0.4, 0.5) is 10.1 Å². The van der Waals surface area contributed by atoms with Crippen LogP contribution in [-0.2, 0) is 11.3 Å². The van der Waals surface area contributed by atoms with E-state index in [1.165, 1.54) is 17.8 Å². The van der Waals surface area contributed by atoms with Crippen molar-refractivity contribution in [3.63, 3.8) is 0 Å². The molecule has 1 aromatic heterocycles. The summed E-state index contributed by atoms with van der Waals surface area (Å²) < 4.78 is 13.6. The maximum absolute atomic E-state index is 13.6. The van der Waals surface area contributed by atoms with E-state index in [4.69, 9.17) is 0 Å². The van der Waals surface area contributed by atoms with Gasteiger partial charge in [-0.05, 0) is 50.1 Å². The van der Waals surface area contributed by atoms with E-state index in [-0.39, 0.29) is 11.6 Å². The third-order valence-electron chi connectivity index (χ3n) is 4.80. The van der Waals surface area contributed by atoms with E-state index in [1.807, 2.05) is 18.6 Å². The Balaban J connectivity index is 1.45. The average Bonchev–Trinajstić information content (AvgIpc) is 2.69. The van der Waals surface area contributed by atoms with Crippen molar-refractivity contribution in [2.24, 2.45) is 5.92 Å². The van der Waals surface area contributed by atoms with Crippen LogP contribution in [0.2, 0.25) is 0 Å². The van der Waals surface area contributed by atoms with Gasteiger partial charge >= 0.3 is 0 Å². The van der Waals surface area contributed by atoms with Crippen LogP contribution in [-0.4, -0.2) is 40.1 Å². The first kappa shape index (κ1) is 19.8. The van der Waals surface area contributed by atoms with Crippen molar-refractivity contribution in [2.75, 3.05) is 24.7 Å². The third kappa shape index (κ3) is 6.01. The Bertz CT molecular complexity index is 756. The summed E-state index contributed by atoms with van der Waals surface area (Å²) in [5.74, 6) is -0.0424. The van der Waals surface area contributed by atoms with E-state index >= 15 is 0 Å². The molecular formula is C20H25FN4OS. The quantitative estimate of drug-likeness (QED) is 0.575. The van der Waals surface area contributed by atoms with E-state index < -0.39 is 5.82 Å². The number of aromatic nitrogens is 2. The smallest absolute Gasteiger partial charge is 0.224 e. The Hall–Kier alpha value is -1.99. The first-order chi connectivity index (χ1) is 13.1. The van der Waals surface area contributed by atoms with Gasteiger partial charge in [0.25, 0.3) is 0 Å². The SMILES string of the molecule is CSc1ncc(CN2CCC[C@@H](CCC(=O)Nc3ccccc3F)C2)cn1. The Labute approximate surface area is 163 Å². The lowest BCUT2D eigenvalue weighted by Gasteiger charge is -2.32. The molecule has 3 rings (SSSR count). The topological polar surface area (TPSA) is 58.1 Å². The minimum absolute atomic E-state index is 0.127. The van der Waals surface area contributed by atoms with Gasteiger partial charge in [0, 0.05) is 37.5 Å². The maximum atomic E-state index is 13.6. The second-order valence-corrected chi connectivity index (χ2v) is 7.66. The molecule has 0 unspecified atom stereocenters. The lowest BCUT2D eigenvalue weighted by molar-refractivity contribution is -0.116. The lowest BCUT2D eigenvalue weighted by Crippen LogP contribution is -2.35. The number of hydrogen-bond donors (Lipinski definition) is 1. The molecule has 144 valence electrons. The summed E-state index contributed by atoms with van der Waals surface area (Å²) in [5, 5.41) is 3.45. The van der Waals surface area contributed by atoms with E-state index in [0.717, 1.165) is 49.6 Å². The molecule has 2 aromatic rings. The van der Waals surface area contributed by atoms with Crippen molar-refractivity contribution >= 4 is 23.4 Å². The molecule has 0 aliphatic carbocycles. The molecule has 5 nitrogen and oxygen atoms in total. The summed E-state index contributed by atoms with van der Waals surface area (Å²) in [5.41, 5.74) is 1.37. The third-order valence-corrected chi connectivity index (χ3v) is 5.38. The maximum Gasteiger partial charge on any atom is 0.224 e. The van der Waals surface area contributed by atoms with Crippen LogP contribution < -0.4 is 5.32 Å². The number of para-hydroxylation sites is 1. The molecule has 7 heteroatoms. The number of anilines is 1. The number of rotatable bonds is 7. The number of nitrogens with one attached hydrogen (secondary N) is 1. The Morgan fingerprint density at radius 2 is 2.11 bits per heavy atom. The van der Waals surface area contributed by atoms with Gasteiger partial charge in [-0.1, -0.05) is 23.9 Å². The molecular weight excluding hydrogens is 363 g/mol. The van der Waals surface area contributed by atoms with Gasteiger partial charge in [0.2, 0.25) is 5.91 Å². The fraction of sp³-hybridized carbons (Fsp3) is 0.450. The van der Waals surface area contributed by atoms with Gasteiger partial charge in [-0.2, -0.15) is 0 Å². The van der Waals surface area contributed by atoms with Crippen molar-refractivity contribution in [3.05, 3.63) is 48.0 Å². The minimum Gasteiger partial charge on any atom is -0.324 e. The van der Waals surface area contributed by atoms with Crippen LogP contribution in [0.25, 0.3) is 0 Å². The van der Waals surface area contributed by atoms with E-state index in [9.17, 15) is 9.18 Å². The zero-order valence-electron chi connectivity index (χ0n) is 15.5. The summed E-state index contributed by atoms with van der Waals surface area (Å²) in [6.07, 6.45) is 9.24. The van der Waals surface area contributed by atoms with Gasteiger partial charge in [0.15, 0.2) is 5.16 Å². The van der Waals surface area contributed by atoms with Crippen LogP contribution in [0.3, 0.4) is 0 Å². The highest BCUT2D eigenvalue weighted by atomic mass is 32.2. The number of thioether (sulfide) groups is 1. The van der Waals surface area contributed by atoms with E-state index in [0.29, 0.717) is 12.3 Å². The molecule has 27 heavy (non-hydrogen) atoms. The summed E-state index contributed by atoms with van der Waals surface area (Å²) in [6.45, 7) is 2.87. The van der Waals surface area contributed by atoms with E-state index in [1.54, 1.807) is 18.2 Å². The first-order valence-corrected chi connectivity index (χ1v) is 10.5. The highest BCUT2D eigenvalue weighted by molar-refractivity contribution is 7.98. The number of piperidine rings is 1. The normalized spacial score (nSPS) is 17.6. The van der Waals surface area contributed by atoms with Crippen molar-refractivity contribution in [1.82, 2.24) is 14.9 Å².